The minimum atomic E-state index is 0.374. The largest absolute Gasteiger partial charge is 0.381 e. The molecular formula is C12H27NO. The van der Waals surface area contributed by atoms with Crippen molar-refractivity contribution < 1.29 is 4.74 Å². The molecule has 14 heavy (non-hydrogen) atoms. The van der Waals surface area contributed by atoms with Crippen LogP contribution in [0.2, 0.25) is 0 Å². The lowest BCUT2D eigenvalue weighted by molar-refractivity contribution is 0.0975. The van der Waals surface area contributed by atoms with Crippen molar-refractivity contribution in [1.82, 2.24) is 5.32 Å². The van der Waals surface area contributed by atoms with Crippen molar-refractivity contribution in [2.24, 2.45) is 11.3 Å². The number of ether oxygens (including phenoxy) is 1. The highest BCUT2D eigenvalue weighted by Crippen LogP contribution is 2.27. The average molecular weight is 201 g/mol. The van der Waals surface area contributed by atoms with Gasteiger partial charge in [0.1, 0.15) is 0 Å². The van der Waals surface area contributed by atoms with Crippen LogP contribution in [-0.2, 0) is 4.74 Å². The van der Waals surface area contributed by atoms with Gasteiger partial charge in [0.2, 0.25) is 0 Å². The molecule has 0 aliphatic carbocycles. The first-order valence-corrected chi connectivity index (χ1v) is 5.74. The van der Waals surface area contributed by atoms with Crippen LogP contribution in [0.1, 0.15) is 40.5 Å². The van der Waals surface area contributed by atoms with Gasteiger partial charge in [-0.2, -0.15) is 0 Å². The number of rotatable bonds is 7. The molecule has 2 heteroatoms. The van der Waals surface area contributed by atoms with Crippen molar-refractivity contribution in [3.8, 4) is 0 Å². The molecule has 0 aliphatic rings. The van der Waals surface area contributed by atoms with Gasteiger partial charge in [-0.15, -0.1) is 0 Å². The zero-order valence-corrected chi connectivity index (χ0v) is 10.5. The topological polar surface area (TPSA) is 21.3 Å². The van der Waals surface area contributed by atoms with Crippen LogP contribution in [-0.4, -0.2) is 26.8 Å². The molecule has 0 aromatic carbocycles. The monoisotopic (exact) mass is 201 g/mol. The van der Waals surface area contributed by atoms with Crippen LogP contribution >= 0.6 is 0 Å². The first-order valence-electron chi connectivity index (χ1n) is 5.74. The summed E-state index contributed by atoms with van der Waals surface area (Å²) in [6.45, 7) is 11.9. The molecule has 0 saturated heterocycles. The van der Waals surface area contributed by atoms with Crippen LogP contribution in [0.5, 0.6) is 0 Å². The minimum Gasteiger partial charge on any atom is -0.381 e. The second-order valence-corrected chi connectivity index (χ2v) is 5.02. The Kier molecular flexibility index (Phi) is 7.20. The third kappa shape index (κ3) is 6.39. The lowest BCUT2D eigenvalue weighted by Gasteiger charge is -2.30. The maximum Gasteiger partial charge on any atom is 0.0469 e. The molecule has 86 valence electrons. The highest BCUT2D eigenvalue weighted by molar-refractivity contribution is 4.75. The third-order valence-electron chi connectivity index (χ3n) is 2.63. The molecule has 0 radical (unpaired) electrons. The summed E-state index contributed by atoms with van der Waals surface area (Å²) in [4.78, 5) is 0. The molecular weight excluding hydrogens is 174 g/mol. The van der Waals surface area contributed by atoms with Crippen molar-refractivity contribution in [3.05, 3.63) is 0 Å². The van der Waals surface area contributed by atoms with E-state index in [9.17, 15) is 0 Å². The van der Waals surface area contributed by atoms with Gasteiger partial charge in [-0.25, -0.2) is 0 Å². The second kappa shape index (κ2) is 7.24. The number of hydrogen-bond donors (Lipinski definition) is 1. The van der Waals surface area contributed by atoms with Gasteiger partial charge in [-0.05, 0) is 37.8 Å². The molecule has 2 nitrogen and oxygen atoms in total. The Labute approximate surface area is 89.4 Å². The predicted octanol–water partition coefficient (Wildman–Crippen LogP) is 2.68. The highest BCUT2D eigenvalue weighted by Gasteiger charge is 2.23. The Morgan fingerprint density at radius 1 is 1.21 bits per heavy atom. The normalized spacial score (nSPS) is 14.4. The Bertz CT molecular complexity index is 129. The molecule has 0 rings (SSSR count). The van der Waals surface area contributed by atoms with Crippen molar-refractivity contribution in [2.75, 3.05) is 26.8 Å². The van der Waals surface area contributed by atoms with Crippen LogP contribution in [0.25, 0.3) is 0 Å². The fraction of sp³-hybridized carbons (Fsp3) is 1.00. The first-order chi connectivity index (χ1) is 6.52. The van der Waals surface area contributed by atoms with Crippen LogP contribution in [0.4, 0.5) is 0 Å². The summed E-state index contributed by atoms with van der Waals surface area (Å²) < 4.78 is 5.53. The molecule has 0 aromatic rings. The number of nitrogens with one attached hydrogen (secondary N) is 1. The maximum atomic E-state index is 5.53. The highest BCUT2D eigenvalue weighted by atomic mass is 16.5. The van der Waals surface area contributed by atoms with Gasteiger partial charge in [-0.1, -0.05) is 27.7 Å². The van der Waals surface area contributed by atoms with Crippen LogP contribution in [0.3, 0.4) is 0 Å². The SMILES string of the molecule is CCCOCCC(CNC)C(C)(C)C. The van der Waals surface area contributed by atoms with E-state index >= 15 is 0 Å². The van der Waals surface area contributed by atoms with Gasteiger partial charge in [0.05, 0.1) is 0 Å². The van der Waals surface area contributed by atoms with E-state index in [4.69, 9.17) is 4.74 Å². The Hall–Kier alpha value is -0.0800. The van der Waals surface area contributed by atoms with Crippen molar-refractivity contribution in [3.63, 3.8) is 0 Å². The van der Waals surface area contributed by atoms with Gasteiger partial charge in [0.25, 0.3) is 0 Å². The molecule has 0 fully saturated rings. The Balaban J connectivity index is 3.74. The van der Waals surface area contributed by atoms with Crippen LogP contribution in [0.15, 0.2) is 0 Å². The first kappa shape index (κ1) is 13.9. The zero-order chi connectivity index (χ0) is 11.0. The fourth-order valence-corrected chi connectivity index (χ4v) is 1.56. The molecule has 0 aliphatic heterocycles. The summed E-state index contributed by atoms with van der Waals surface area (Å²) in [5.41, 5.74) is 0.374. The van der Waals surface area contributed by atoms with Crippen LogP contribution in [0, 0.1) is 11.3 Å². The van der Waals surface area contributed by atoms with E-state index in [-0.39, 0.29) is 0 Å². The summed E-state index contributed by atoms with van der Waals surface area (Å²) in [5, 5.41) is 3.26. The second-order valence-electron chi connectivity index (χ2n) is 5.02. The average Bonchev–Trinajstić information content (AvgIpc) is 2.08. The quantitative estimate of drug-likeness (QED) is 0.639. The van der Waals surface area contributed by atoms with E-state index in [1.54, 1.807) is 0 Å². The van der Waals surface area contributed by atoms with Crippen molar-refractivity contribution in [2.45, 2.75) is 40.5 Å². The van der Waals surface area contributed by atoms with E-state index in [0.29, 0.717) is 11.3 Å². The van der Waals surface area contributed by atoms with Gasteiger partial charge < -0.3 is 10.1 Å². The minimum absolute atomic E-state index is 0.374. The molecule has 0 saturated carbocycles. The lowest BCUT2D eigenvalue weighted by atomic mass is 9.79. The van der Waals surface area contributed by atoms with E-state index in [0.717, 1.165) is 32.6 Å². The molecule has 0 spiro atoms. The smallest absolute Gasteiger partial charge is 0.0469 e. The Morgan fingerprint density at radius 3 is 2.29 bits per heavy atom. The molecule has 0 bridgehead atoms. The maximum absolute atomic E-state index is 5.53. The summed E-state index contributed by atoms with van der Waals surface area (Å²) in [6.07, 6.45) is 2.27. The zero-order valence-electron chi connectivity index (χ0n) is 10.5. The molecule has 1 N–H and O–H groups in total. The van der Waals surface area contributed by atoms with Crippen LogP contribution < -0.4 is 5.32 Å². The van der Waals surface area contributed by atoms with Gasteiger partial charge in [0.15, 0.2) is 0 Å². The molecule has 1 unspecified atom stereocenters. The number of hydrogen-bond acceptors (Lipinski definition) is 2. The summed E-state index contributed by atoms with van der Waals surface area (Å²) >= 11 is 0. The van der Waals surface area contributed by atoms with E-state index in [1.165, 1.54) is 0 Å². The molecule has 1 atom stereocenters. The van der Waals surface area contributed by atoms with Gasteiger partial charge >= 0.3 is 0 Å². The van der Waals surface area contributed by atoms with Crippen molar-refractivity contribution >= 4 is 0 Å². The Morgan fingerprint density at radius 2 is 1.86 bits per heavy atom. The van der Waals surface area contributed by atoms with Crippen molar-refractivity contribution in [1.29, 1.82) is 0 Å². The molecule has 0 aromatic heterocycles. The van der Waals surface area contributed by atoms with Gasteiger partial charge in [0, 0.05) is 13.2 Å². The summed E-state index contributed by atoms with van der Waals surface area (Å²) in [7, 11) is 2.02. The van der Waals surface area contributed by atoms with Gasteiger partial charge in [-0.3, -0.25) is 0 Å². The van der Waals surface area contributed by atoms with E-state index in [1.807, 2.05) is 7.05 Å². The molecule has 0 amide bonds. The van der Waals surface area contributed by atoms with E-state index < -0.39 is 0 Å². The molecule has 0 heterocycles. The third-order valence-corrected chi connectivity index (χ3v) is 2.63. The summed E-state index contributed by atoms with van der Waals surface area (Å²) in [6, 6.07) is 0. The fourth-order valence-electron chi connectivity index (χ4n) is 1.56. The summed E-state index contributed by atoms with van der Waals surface area (Å²) in [5.74, 6) is 0.698. The standard InChI is InChI=1S/C12H27NO/c1-6-8-14-9-7-11(10-13-5)12(2,3)4/h11,13H,6-10H2,1-5H3. The predicted molar refractivity (Wildman–Crippen MR) is 62.6 cm³/mol. The lowest BCUT2D eigenvalue weighted by Crippen LogP contribution is -2.31. The van der Waals surface area contributed by atoms with E-state index in [2.05, 4.69) is 33.0 Å².